The van der Waals surface area contributed by atoms with Gasteiger partial charge in [-0.25, -0.2) is 0 Å². The van der Waals surface area contributed by atoms with Gasteiger partial charge in [-0.15, -0.1) is 13.2 Å². The number of allylic oxidation sites excluding steroid dienone is 2. The number of rotatable bonds is 5. The third kappa shape index (κ3) is 2.31. The molecule has 0 atom stereocenters. The van der Waals surface area contributed by atoms with Crippen LogP contribution in [0.5, 0.6) is 5.75 Å². The van der Waals surface area contributed by atoms with Gasteiger partial charge in [-0.1, -0.05) is 18.2 Å². The molecule has 0 aliphatic carbocycles. The van der Waals surface area contributed by atoms with Gasteiger partial charge in [0.05, 0.1) is 5.56 Å². The smallest absolute Gasteiger partial charge is 0.252 e. The fourth-order valence-electron chi connectivity index (χ4n) is 1.60. The Hall–Kier alpha value is -2.03. The first kappa shape index (κ1) is 12.0. The second-order valence-corrected chi connectivity index (χ2v) is 3.45. The van der Waals surface area contributed by atoms with E-state index in [1.165, 1.54) is 6.07 Å². The molecule has 1 amide bonds. The highest BCUT2D eigenvalue weighted by Crippen LogP contribution is 2.27. The lowest BCUT2D eigenvalue weighted by molar-refractivity contribution is 0.0997. The van der Waals surface area contributed by atoms with Gasteiger partial charge in [-0.2, -0.15) is 0 Å². The number of phenols is 1. The Bertz CT molecular complexity index is 436. The fourth-order valence-corrected chi connectivity index (χ4v) is 1.60. The lowest BCUT2D eigenvalue weighted by Crippen LogP contribution is -2.12. The number of amides is 1. The highest BCUT2D eigenvalue weighted by Gasteiger charge is 2.14. The molecule has 0 aliphatic heterocycles. The summed E-state index contributed by atoms with van der Waals surface area (Å²) < 4.78 is 0. The summed E-state index contributed by atoms with van der Waals surface area (Å²) >= 11 is 0. The summed E-state index contributed by atoms with van der Waals surface area (Å²) in [5.74, 6) is -0.681. The molecule has 0 spiro atoms. The van der Waals surface area contributed by atoms with Crippen LogP contribution < -0.4 is 5.73 Å². The lowest BCUT2D eigenvalue weighted by Gasteiger charge is -2.11. The Morgan fingerprint density at radius 1 is 1.31 bits per heavy atom. The molecule has 0 saturated carbocycles. The Kier molecular flexibility index (Phi) is 3.89. The van der Waals surface area contributed by atoms with Crippen LogP contribution in [0.2, 0.25) is 0 Å². The van der Waals surface area contributed by atoms with Crippen LogP contribution in [0.4, 0.5) is 0 Å². The van der Waals surface area contributed by atoms with E-state index in [4.69, 9.17) is 5.73 Å². The minimum absolute atomic E-state index is 0.0493. The van der Waals surface area contributed by atoms with Crippen LogP contribution in [-0.2, 0) is 12.8 Å². The summed E-state index contributed by atoms with van der Waals surface area (Å²) in [6.07, 6.45) is 4.55. The summed E-state index contributed by atoms with van der Waals surface area (Å²) in [5.41, 5.74) is 6.92. The summed E-state index contributed by atoms with van der Waals surface area (Å²) in [6.45, 7) is 7.27. The van der Waals surface area contributed by atoms with Gasteiger partial charge in [0, 0.05) is 5.56 Å². The second kappa shape index (κ2) is 5.16. The molecule has 0 aromatic heterocycles. The Balaban J connectivity index is 3.33. The SMILES string of the molecule is C=CCc1ccc(C(N)=O)c(O)c1CC=C. The maximum absolute atomic E-state index is 11.1. The molecule has 3 N–H and O–H groups in total. The maximum atomic E-state index is 11.1. The van der Waals surface area contributed by atoms with E-state index >= 15 is 0 Å². The van der Waals surface area contributed by atoms with Crippen molar-refractivity contribution in [3.8, 4) is 5.75 Å². The molecule has 1 rings (SSSR count). The predicted molar refractivity (Wildman–Crippen MR) is 64.4 cm³/mol. The predicted octanol–water partition coefficient (Wildman–Crippen LogP) is 1.95. The number of hydrogen-bond acceptors (Lipinski definition) is 2. The van der Waals surface area contributed by atoms with Gasteiger partial charge in [-0.3, -0.25) is 4.79 Å². The van der Waals surface area contributed by atoms with E-state index in [-0.39, 0.29) is 11.3 Å². The van der Waals surface area contributed by atoms with Gasteiger partial charge in [0.25, 0.3) is 5.91 Å². The molecular formula is C13H15NO2. The van der Waals surface area contributed by atoms with Crippen molar-refractivity contribution in [1.82, 2.24) is 0 Å². The minimum Gasteiger partial charge on any atom is -0.507 e. The number of benzene rings is 1. The Morgan fingerprint density at radius 3 is 2.44 bits per heavy atom. The molecule has 0 fully saturated rings. The van der Waals surface area contributed by atoms with Crippen molar-refractivity contribution in [1.29, 1.82) is 0 Å². The third-order valence-electron chi connectivity index (χ3n) is 2.36. The largest absolute Gasteiger partial charge is 0.507 e. The molecule has 3 nitrogen and oxygen atoms in total. The summed E-state index contributed by atoms with van der Waals surface area (Å²) in [7, 11) is 0. The number of primary amides is 1. The Morgan fingerprint density at radius 2 is 1.94 bits per heavy atom. The van der Waals surface area contributed by atoms with Crippen LogP contribution in [0.1, 0.15) is 21.5 Å². The van der Waals surface area contributed by atoms with Crippen LogP contribution >= 0.6 is 0 Å². The molecule has 0 heterocycles. The van der Waals surface area contributed by atoms with Crippen LogP contribution in [0, 0.1) is 0 Å². The molecule has 84 valence electrons. The van der Waals surface area contributed by atoms with Gasteiger partial charge in [-0.05, 0) is 24.5 Å². The van der Waals surface area contributed by atoms with E-state index < -0.39 is 5.91 Å². The summed E-state index contributed by atoms with van der Waals surface area (Å²) in [4.78, 5) is 11.1. The molecule has 1 aromatic rings. The molecule has 0 bridgehead atoms. The fraction of sp³-hybridized carbons (Fsp3) is 0.154. The average Bonchev–Trinajstić information content (AvgIpc) is 2.23. The normalized spacial score (nSPS) is 9.75. The van der Waals surface area contributed by atoms with E-state index in [2.05, 4.69) is 13.2 Å². The van der Waals surface area contributed by atoms with Crippen molar-refractivity contribution in [3.63, 3.8) is 0 Å². The van der Waals surface area contributed by atoms with Crippen molar-refractivity contribution in [3.05, 3.63) is 54.1 Å². The van der Waals surface area contributed by atoms with Crippen LogP contribution in [0.15, 0.2) is 37.4 Å². The van der Waals surface area contributed by atoms with Gasteiger partial charge in [0.1, 0.15) is 5.75 Å². The molecular weight excluding hydrogens is 202 g/mol. The standard InChI is InChI=1S/C13H15NO2/c1-3-5-9-7-8-11(13(14)16)12(15)10(9)6-4-2/h3-4,7-8,15H,1-2,5-6H2,(H2,14,16). The van der Waals surface area contributed by atoms with Crippen molar-refractivity contribution in [2.75, 3.05) is 0 Å². The van der Waals surface area contributed by atoms with Crippen molar-refractivity contribution in [2.24, 2.45) is 5.73 Å². The Labute approximate surface area is 94.9 Å². The summed E-state index contributed by atoms with van der Waals surface area (Å²) in [6, 6.07) is 3.31. The maximum Gasteiger partial charge on any atom is 0.252 e. The van der Waals surface area contributed by atoms with E-state index in [0.29, 0.717) is 18.4 Å². The van der Waals surface area contributed by atoms with Crippen LogP contribution in [0.25, 0.3) is 0 Å². The topological polar surface area (TPSA) is 63.3 Å². The molecule has 0 radical (unpaired) electrons. The first-order valence-corrected chi connectivity index (χ1v) is 4.97. The number of hydrogen-bond donors (Lipinski definition) is 2. The van der Waals surface area contributed by atoms with Gasteiger partial charge in [0.2, 0.25) is 0 Å². The zero-order valence-corrected chi connectivity index (χ0v) is 9.07. The molecule has 3 heteroatoms. The number of carbonyl (C=O) groups excluding carboxylic acids is 1. The first-order valence-electron chi connectivity index (χ1n) is 4.97. The van der Waals surface area contributed by atoms with Crippen molar-refractivity contribution >= 4 is 5.91 Å². The second-order valence-electron chi connectivity index (χ2n) is 3.45. The van der Waals surface area contributed by atoms with Crippen molar-refractivity contribution in [2.45, 2.75) is 12.8 Å². The highest BCUT2D eigenvalue weighted by molar-refractivity contribution is 5.96. The molecule has 1 aromatic carbocycles. The number of carbonyl (C=O) groups is 1. The van der Waals surface area contributed by atoms with Crippen LogP contribution in [-0.4, -0.2) is 11.0 Å². The van der Waals surface area contributed by atoms with E-state index in [1.807, 2.05) is 0 Å². The molecule has 0 saturated heterocycles. The number of aromatic hydroxyl groups is 1. The van der Waals surface area contributed by atoms with E-state index in [0.717, 1.165) is 5.56 Å². The zero-order chi connectivity index (χ0) is 12.1. The lowest BCUT2D eigenvalue weighted by atomic mass is 9.97. The zero-order valence-electron chi connectivity index (χ0n) is 9.07. The first-order chi connectivity index (χ1) is 7.61. The molecule has 0 unspecified atom stereocenters. The van der Waals surface area contributed by atoms with Crippen molar-refractivity contribution < 1.29 is 9.90 Å². The van der Waals surface area contributed by atoms with Gasteiger partial charge >= 0.3 is 0 Å². The van der Waals surface area contributed by atoms with E-state index in [9.17, 15) is 9.90 Å². The average molecular weight is 217 g/mol. The summed E-state index contributed by atoms with van der Waals surface area (Å²) in [5, 5.41) is 9.91. The molecule has 0 aliphatic rings. The minimum atomic E-state index is -0.632. The number of nitrogens with two attached hydrogens (primary N) is 1. The van der Waals surface area contributed by atoms with Gasteiger partial charge in [0.15, 0.2) is 0 Å². The monoisotopic (exact) mass is 217 g/mol. The quantitative estimate of drug-likeness (QED) is 0.740. The molecule has 16 heavy (non-hydrogen) atoms. The van der Waals surface area contributed by atoms with Crippen LogP contribution in [0.3, 0.4) is 0 Å². The highest BCUT2D eigenvalue weighted by atomic mass is 16.3. The van der Waals surface area contributed by atoms with Gasteiger partial charge < -0.3 is 10.8 Å². The third-order valence-corrected chi connectivity index (χ3v) is 2.36. The van der Waals surface area contributed by atoms with E-state index in [1.54, 1.807) is 18.2 Å².